The zero-order valence-electron chi connectivity index (χ0n) is 64.4. The SMILES string of the molecule is C1CCOC1.C1CCOC1.COc1ccn2cc(C3CC3c3nc4c(C)ncc(C)n4n3)nc2c1C.COc1ccnc(CC(=O)OC(C)(C)C)c1.COc1ccnc(CC(=O)OC(C)(C)C)c1C.COc1ccnc(N)c1.COc1ccnc(N)c1C.Cc1ncc(C)n2nc(C3CC3C(=O)CBr)nc12. The van der Waals surface area contributed by atoms with Crippen LogP contribution >= 0.6 is 15.9 Å². The Kier molecular flexibility index (Phi) is 30.9. The maximum absolute atomic E-state index is 11.7. The number of aromatic nitrogens is 14. The molecule has 2 saturated carbocycles. The van der Waals surface area contributed by atoms with Crippen LogP contribution in [0.3, 0.4) is 0 Å². The Balaban J connectivity index is 0.000000177. The van der Waals surface area contributed by atoms with Gasteiger partial charge in [0, 0.05) is 128 Å². The largest absolute Gasteiger partial charge is 0.497 e. The molecule has 4 atom stereocenters. The topological polar surface area (TPSA) is 341 Å². The monoisotopic (exact) mass is 1520 g/mol. The number of hydrogen-bond donors (Lipinski definition) is 2. The number of rotatable bonds is 14. The lowest BCUT2D eigenvalue weighted by Crippen LogP contribution is -2.25. The molecule has 0 radical (unpaired) electrons. The van der Waals surface area contributed by atoms with Crippen molar-refractivity contribution in [2.24, 2.45) is 5.92 Å². The van der Waals surface area contributed by atoms with Crippen LogP contribution in [0, 0.1) is 54.4 Å². The number of ether oxygens (including phenoxy) is 9. The molecule has 28 nitrogen and oxygen atoms in total. The maximum Gasteiger partial charge on any atom is 0.312 e. The van der Waals surface area contributed by atoms with E-state index in [0.29, 0.717) is 45.9 Å². The number of ketones is 1. The maximum atomic E-state index is 11.7. The van der Waals surface area contributed by atoms with Crippen LogP contribution in [0.2, 0.25) is 0 Å². The average molecular weight is 1520 g/mol. The number of esters is 2. The molecule has 4 N–H and O–H groups in total. The zero-order chi connectivity index (χ0) is 77.4. The van der Waals surface area contributed by atoms with Gasteiger partial charge in [0.2, 0.25) is 0 Å². The smallest absolute Gasteiger partial charge is 0.312 e. The van der Waals surface area contributed by atoms with Gasteiger partial charge in [0.25, 0.3) is 0 Å². The van der Waals surface area contributed by atoms with Crippen molar-refractivity contribution in [3.05, 3.63) is 160 Å². The van der Waals surface area contributed by atoms with E-state index in [0.717, 1.165) is 136 Å². The highest BCUT2D eigenvalue weighted by atomic mass is 79.9. The molecule has 0 aromatic carbocycles. The van der Waals surface area contributed by atoms with Crippen molar-refractivity contribution in [1.29, 1.82) is 0 Å². The summed E-state index contributed by atoms with van der Waals surface area (Å²) in [6, 6.07) is 12.4. The fourth-order valence-electron chi connectivity index (χ4n) is 10.9. The lowest BCUT2D eigenvalue weighted by atomic mass is 10.1. The standard InChI is InChI=1S/C19H20N6O.C13H19NO3.C12H13BrN4O.C12H17NO3.C7H10N2O.C6H8N2O.2C4H8O/c1-10-8-20-12(3)19-22-17(23-25(10)19)14-7-13(14)15-9-24-6-5-16(26-4)11(2)18(24)21-15;1-9-10(14-7-6-11(9)16-5)8-12(15)17-13(2,3)4;1-6-5-14-7(2)12-15-11(16-17(6)12)9-3-8(9)10(18)4-13;1-12(2,3)16-11(14)8-9-7-10(15-4)5-6-13-9;1-5-6(10-2)3-4-9-7(5)8;1-9-5-2-3-8-6(7)4-5;2*1-2-4-5-3-1/h5-6,8-9,13-14H,7H2,1-4H3;6-7H,8H2,1-5H3;5,8-9H,3-4H2,1-2H3;5-7H,8H2,1-4H3;3-4H,1-2H3,(H2,8,9);2-4H,1H3,(H2,7,8);2*1-4H2. The Bertz CT molecular complexity index is 4420. The number of hydrogen-bond acceptors (Lipinski definition) is 25. The van der Waals surface area contributed by atoms with Crippen LogP contribution in [0.15, 0.2) is 92.0 Å². The summed E-state index contributed by atoms with van der Waals surface area (Å²) in [7, 11) is 8.07. The number of nitrogen functional groups attached to an aromatic ring is 2. The predicted molar refractivity (Wildman–Crippen MR) is 407 cm³/mol. The molecule has 106 heavy (non-hydrogen) atoms. The van der Waals surface area contributed by atoms with E-state index in [1.165, 1.54) is 25.7 Å². The van der Waals surface area contributed by atoms with Crippen LogP contribution in [0.1, 0.15) is 166 Å². The number of imidazole rings is 1. The lowest BCUT2D eigenvalue weighted by Gasteiger charge is -2.19. The molecule has 2 aliphatic heterocycles. The summed E-state index contributed by atoms with van der Waals surface area (Å²) < 4.78 is 51.6. The van der Waals surface area contributed by atoms with Gasteiger partial charge >= 0.3 is 11.9 Å². The molecule has 0 spiro atoms. The summed E-state index contributed by atoms with van der Waals surface area (Å²) >= 11 is 3.21. The van der Waals surface area contributed by atoms with Gasteiger partial charge in [0.1, 0.15) is 63.0 Å². The number of aryl methyl sites for hydroxylation is 5. The number of pyridine rings is 5. The fourth-order valence-corrected chi connectivity index (χ4v) is 11.3. The number of fused-ring (bicyclic) bond motifs is 3. The van der Waals surface area contributed by atoms with Crippen molar-refractivity contribution in [2.75, 3.05) is 78.8 Å². The van der Waals surface area contributed by atoms with Gasteiger partial charge in [-0.05, 0) is 159 Å². The molecule has 14 rings (SSSR count). The van der Waals surface area contributed by atoms with Gasteiger partial charge in [-0.25, -0.2) is 34.0 Å². The second kappa shape index (κ2) is 39.4. The van der Waals surface area contributed by atoms with Crippen LogP contribution < -0.4 is 35.2 Å². The molecule has 0 bridgehead atoms. The van der Waals surface area contributed by atoms with Crippen molar-refractivity contribution in [3.63, 3.8) is 0 Å². The Labute approximate surface area is 628 Å². The van der Waals surface area contributed by atoms with Crippen LogP contribution in [0.25, 0.3) is 16.9 Å². The van der Waals surface area contributed by atoms with Crippen molar-refractivity contribution in [1.82, 2.24) is 68.5 Å². The fraction of sp³-hybridized carbons (Fsp3) is 0.481. The Hall–Kier alpha value is -10.0. The lowest BCUT2D eigenvalue weighted by molar-refractivity contribution is -0.155. The van der Waals surface area contributed by atoms with E-state index in [-0.39, 0.29) is 42.4 Å². The first-order chi connectivity index (χ1) is 50.5. The van der Waals surface area contributed by atoms with Crippen LogP contribution in [0.5, 0.6) is 28.7 Å². The molecule has 4 unspecified atom stereocenters. The van der Waals surface area contributed by atoms with Gasteiger partial charge in [-0.3, -0.25) is 34.3 Å². The summed E-state index contributed by atoms with van der Waals surface area (Å²) in [6.07, 6.45) is 21.5. The number of alkyl halides is 1. The van der Waals surface area contributed by atoms with Gasteiger partial charge in [-0.1, -0.05) is 15.9 Å². The summed E-state index contributed by atoms with van der Waals surface area (Å²) in [5.41, 5.74) is 21.5. The molecular formula is C77H103BrN16O12. The predicted octanol–water partition coefficient (Wildman–Crippen LogP) is 12.3. The third kappa shape index (κ3) is 24.8. The minimum absolute atomic E-state index is 0.0929. The molecule has 10 aromatic heterocycles. The van der Waals surface area contributed by atoms with E-state index < -0.39 is 11.2 Å². The molecule has 4 aliphatic rings. The normalized spacial score (nSPS) is 15.9. The first-order valence-corrected chi connectivity index (χ1v) is 36.2. The number of carbonyl (C=O) groups is 3. The number of anilines is 2. The highest BCUT2D eigenvalue weighted by Crippen LogP contribution is 2.53. The third-order valence-corrected chi connectivity index (χ3v) is 17.3. The van der Waals surface area contributed by atoms with Crippen molar-refractivity contribution < 1.29 is 57.0 Å². The second-order valence-corrected chi connectivity index (χ2v) is 27.9. The quantitative estimate of drug-likeness (QED) is 0.0754. The third-order valence-electron chi connectivity index (χ3n) is 16.7. The van der Waals surface area contributed by atoms with Gasteiger partial charge in [-0.15, -0.1) is 0 Å². The van der Waals surface area contributed by atoms with Gasteiger partial charge in [0.05, 0.1) is 93.6 Å². The summed E-state index contributed by atoms with van der Waals surface area (Å²) in [6.45, 7) is 28.7. The molecular weight excluding hydrogens is 1420 g/mol. The molecule has 29 heteroatoms. The van der Waals surface area contributed by atoms with Crippen molar-refractivity contribution in [3.8, 4) is 28.7 Å². The minimum atomic E-state index is -0.468. The number of carbonyl (C=O) groups excluding carboxylic acids is 3. The van der Waals surface area contributed by atoms with E-state index in [1.54, 1.807) is 103 Å². The summed E-state index contributed by atoms with van der Waals surface area (Å²) in [5, 5.41) is 9.64. The van der Waals surface area contributed by atoms with Crippen LogP contribution in [-0.2, 0) is 46.2 Å². The molecule has 4 fully saturated rings. The molecule has 570 valence electrons. The molecule has 10 aromatic rings. The van der Waals surface area contributed by atoms with Gasteiger partial charge in [0.15, 0.2) is 22.9 Å². The van der Waals surface area contributed by atoms with E-state index in [9.17, 15) is 14.4 Å². The first kappa shape index (κ1) is 83.3. The van der Waals surface area contributed by atoms with E-state index in [4.69, 9.17) is 69.2 Å². The number of Topliss-reactive ketones (excluding diaryl/α,β-unsaturated/α-hetero) is 1. The molecule has 2 saturated heterocycles. The summed E-state index contributed by atoms with van der Waals surface area (Å²) in [5.74, 6) is 7.13. The van der Waals surface area contributed by atoms with E-state index in [2.05, 4.69) is 66.5 Å². The minimum Gasteiger partial charge on any atom is -0.497 e. The number of nitrogens with two attached hydrogens (primary N) is 2. The highest BCUT2D eigenvalue weighted by molar-refractivity contribution is 9.09. The Morgan fingerprint density at radius 2 is 1.03 bits per heavy atom. The zero-order valence-corrected chi connectivity index (χ0v) is 65.9. The Morgan fingerprint density at radius 1 is 0.538 bits per heavy atom. The number of halogens is 1. The van der Waals surface area contributed by atoms with Crippen LogP contribution in [0.4, 0.5) is 11.6 Å². The second-order valence-electron chi connectivity index (χ2n) is 27.4. The van der Waals surface area contributed by atoms with Crippen molar-refractivity contribution >= 4 is 62.2 Å². The van der Waals surface area contributed by atoms with Gasteiger partial charge < -0.3 is 58.5 Å². The molecule has 12 heterocycles. The Morgan fingerprint density at radius 3 is 1.50 bits per heavy atom. The van der Waals surface area contributed by atoms with Crippen molar-refractivity contribution in [2.45, 2.75) is 170 Å². The number of methoxy groups -OCH3 is 5. The first-order valence-electron chi connectivity index (χ1n) is 35.1. The number of nitrogens with zero attached hydrogens (tertiary/aromatic N) is 14. The van der Waals surface area contributed by atoms with Crippen LogP contribution in [-0.4, -0.2) is 165 Å². The molecule has 0 amide bonds. The highest BCUT2D eigenvalue weighted by Gasteiger charge is 2.46. The summed E-state index contributed by atoms with van der Waals surface area (Å²) in [4.78, 5) is 73.5. The van der Waals surface area contributed by atoms with E-state index in [1.807, 2.05) is 117 Å². The van der Waals surface area contributed by atoms with E-state index >= 15 is 0 Å². The molecule has 2 aliphatic carbocycles. The van der Waals surface area contributed by atoms with Gasteiger partial charge in [-0.2, -0.15) is 10.2 Å². The average Bonchev–Trinajstić information content (AvgIpc) is 1.60.